The Labute approximate surface area is 139 Å². The zero-order chi connectivity index (χ0) is 15.6. The summed E-state index contributed by atoms with van der Waals surface area (Å²) in [5.41, 5.74) is 12.7. The van der Waals surface area contributed by atoms with E-state index in [2.05, 4.69) is 40.6 Å². The molecule has 1 heterocycles. The van der Waals surface area contributed by atoms with Gasteiger partial charge in [-0.05, 0) is 44.0 Å². The van der Waals surface area contributed by atoms with Gasteiger partial charge in [-0.1, -0.05) is 0 Å². The lowest BCUT2D eigenvalue weighted by molar-refractivity contribution is 0.622. The Bertz CT molecular complexity index is 708. The lowest BCUT2D eigenvalue weighted by Gasteiger charge is -2.00. The van der Waals surface area contributed by atoms with Gasteiger partial charge >= 0.3 is 0 Å². The van der Waals surface area contributed by atoms with Gasteiger partial charge in [-0.15, -0.1) is 0 Å². The van der Waals surface area contributed by atoms with Crippen LogP contribution in [-0.2, 0) is 0 Å². The van der Waals surface area contributed by atoms with Crippen molar-refractivity contribution in [2.24, 2.45) is 0 Å². The maximum absolute atomic E-state index is 12.8. The van der Waals surface area contributed by atoms with E-state index in [9.17, 15) is 8.78 Å². The molecule has 0 amide bonds. The summed E-state index contributed by atoms with van der Waals surface area (Å²) in [7, 11) is 0. The molecule has 0 saturated carbocycles. The number of nitrogens with zero attached hydrogens (tertiary/aromatic N) is 2. The fourth-order valence-electron chi connectivity index (χ4n) is 1.36. The first-order valence-corrected chi connectivity index (χ1v) is 7.77. The summed E-state index contributed by atoms with van der Waals surface area (Å²) in [5.74, 6) is -0.697. The van der Waals surface area contributed by atoms with E-state index in [0.29, 0.717) is 20.1 Å². The molecule has 1 aromatic heterocycles. The van der Waals surface area contributed by atoms with Crippen LogP contribution in [-0.4, -0.2) is 8.75 Å². The van der Waals surface area contributed by atoms with Crippen LogP contribution < -0.4 is 11.5 Å². The summed E-state index contributed by atoms with van der Waals surface area (Å²) in [6, 6.07) is 5.60. The number of benzene rings is 2. The van der Waals surface area contributed by atoms with E-state index < -0.39 is 5.82 Å². The van der Waals surface area contributed by atoms with Gasteiger partial charge in [-0.2, -0.15) is 8.75 Å². The monoisotopic (exact) mass is 436 g/mol. The second kappa shape index (κ2) is 6.63. The molecule has 0 atom stereocenters. The SMILES string of the molecule is Fc1cc2nsnc2cc1Br.Nc1cc(F)c(Br)cc1N. The van der Waals surface area contributed by atoms with Crippen molar-refractivity contribution in [3.63, 3.8) is 0 Å². The fourth-order valence-corrected chi connectivity index (χ4v) is 2.56. The number of halogens is 4. The van der Waals surface area contributed by atoms with Crippen LogP contribution in [0.3, 0.4) is 0 Å². The Kier molecular flexibility index (Phi) is 5.07. The predicted octanol–water partition coefficient (Wildman–Crippen LogP) is 4.35. The smallest absolute Gasteiger partial charge is 0.139 e. The third kappa shape index (κ3) is 3.86. The van der Waals surface area contributed by atoms with Gasteiger partial charge in [0.05, 0.1) is 32.0 Å². The first-order valence-electron chi connectivity index (χ1n) is 5.46. The number of aromatic nitrogens is 2. The number of fused-ring (bicyclic) bond motifs is 1. The third-order valence-electron chi connectivity index (χ3n) is 2.42. The molecule has 21 heavy (non-hydrogen) atoms. The van der Waals surface area contributed by atoms with Crippen LogP contribution in [0.1, 0.15) is 0 Å². The largest absolute Gasteiger partial charge is 0.397 e. The molecule has 0 spiro atoms. The fraction of sp³-hybridized carbons (Fsp3) is 0. The van der Waals surface area contributed by atoms with Gasteiger partial charge in [0.15, 0.2) is 0 Å². The van der Waals surface area contributed by atoms with Crippen LogP contribution >= 0.6 is 43.6 Å². The average molecular weight is 438 g/mol. The maximum atomic E-state index is 12.8. The average Bonchev–Trinajstić information content (AvgIpc) is 2.85. The van der Waals surface area contributed by atoms with Crippen molar-refractivity contribution in [1.29, 1.82) is 0 Å². The molecule has 3 rings (SSSR count). The third-order valence-corrected chi connectivity index (χ3v) is 4.19. The molecule has 4 N–H and O–H groups in total. The highest BCUT2D eigenvalue weighted by Gasteiger charge is 2.04. The number of nitrogen functional groups attached to an aromatic ring is 2. The molecule has 0 aliphatic carbocycles. The van der Waals surface area contributed by atoms with E-state index in [1.165, 1.54) is 18.2 Å². The molecular weight excluding hydrogens is 430 g/mol. The molecule has 4 nitrogen and oxygen atoms in total. The van der Waals surface area contributed by atoms with Gasteiger partial charge in [-0.3, -0.25) is 0 Å². The molecule has 0 unspecified atom stereocenters. The number of anilines is 2. The van der Waals surface area contributed by atoms with Crippen LogP contribution in [0.2, 0.25) is 0 Å². The summed E-state index contributed by atoms with van der Waals surface area (Å²) < 4.78 is 34.0. The molecule has 0 radical (unpaired) electrons. The quantitative estimate of drug-likeness (QED) is 0.512. The topological polar surface area (TPSA) is 77.8 Å². The van der Waals surface area contributed by atoms with Crippen molar-refractivity contribution in [3.05, 3.63) is 44.8 Å². The maximum Gasteiger partial charge on any atom is 0.139 e. The van der Waals surface area contributed by atoms with E-state index in [-0.39, 0.29) is 11.5 Å². The number of hydrogen-bond donors (Lipinski definition) is 2. The standard InChI is InChI=1S/C6H2BrFN2S.C6H6BrFN2/c7-3-1-5-6(2-4(3)8)10-11-9-5;7-3-1-5(9)6(10)2-4(3)8/h1-2H;1-2H,9-10H2. The first kappa shape index (κ1) is 16.1. The summed E-state index contributed by atoms with van der Waals surface area (Å²) in [6.07, 6.45) is 0. The molecule has 0 bridgehead atoms. The van der Waals surface area contributed by atoms with Crippen LogP contribution in [0.5, 0.6) is 0 Å². The molecule has 3 aromatic rings. The van der Waals surface area contributed by atoms with Gasteiger partial charge in [-0.25, -0.2) is 8.78 Å². The van der Waals surface area contributed by atoms with Gasteiger partial charge in [0.1, 0.15) is 22.7 Å². The van der Waals surface area contributed by atoms with Crippen molar-refractivity contribution in [2.75, 3.05) is 11.5 Å². The van der Waals surface area contributed by atoms with Crippen molar-refractivity contribution < 1.29 is 8.78 Å². The normalized spacial score (nSPS) is 10.3. The van der Waals surface area contributed by atoms with E-state index in [0.717, 1.165) is 17.2 Å². The highest BCUT2D eigenvalue weighted by Crippen LogP contribution is 2.23. The van der Waals surface area contributed by atoms with E-state index in [1.54, 1.807) is 6.07 Å². The lowest BCUT2D eigenvalue weighted by atomic mass is 10.3. The molecule has 9 heteroatoms. The van der Waals surface area contributed by atoms with E-state index in [4.69, 9.17) is 11.5 Å². The highest BCUT2D eigenvalue weighted by atomic mass is 79.9. The zero-order valence-electron chi connectivity index (χ0n) is 10.3. The highest BCUT2D eigenvalue weighted by molar-refractivity contribution is 9.10. The van der Waals surface area contributed by atoms with Crippen molar-refractivity contribution >= 4 is 66.0 Å². The Hall–Kier alpha value is -1.32. The van der Waals surface area contributed by atoms with Gasteiger partial charge < -0.3 is 11.5 Å². The molecule has 2 aromatic carbocycles. The van der Waals surface area contributed by atoms with Crippen molar-refractivity contribution in [1.82, 2.24) is 8.75 Å². The van der Waals surface area contributed by atoms with Crippen LogP contribution in [0, 0.1) is 11.6 Å². The van der Waals surface area contributed by atoms with Crippen LogP contribution in [0.25, 0.3) is 11.0 Å². The van der Waals surface area contributed by atoms with Gasteiger partial charge in [0.2, 0.25) is 0 Å². The molecule has 0 saturated heterocycles. The predicted molar refractivity (Wildman–Crippen MR) is 88.0 cm³/mol. The molecule has 110 valence electrons. The van der Waals surface area contributed by atoms with E-state index >= 15 is 0 Å². The van der Waals surface area contributed by atoms with Crippen molar-refractivity contribution in [2.45, 2.75) is 0 Å². The molecule has 0 aliphatic rings. The minimum Gasteiger partial charge on any atom is -0.397 e. The van der Waals surface area contributed by atoms with E-state index in [1.807, 2.05) is 0 Å². The summed E-state index contributed by atoms with van der Waals surface area (Å²) >= 11 is 7.12. The van der Waals surface area contributed by atoms with Gasteiger partial charge in [0.25, 0.3) is 0 Å². The second-order valence-electron chi connectivity index (χ2n) is 3.91. The first-order chi connectivity index (χ1) is 9.88. The molecule has 0 fully saturated rings. The minimum atomic E-state index is -0.397. The van der Waals surface area contributed by atoms with Gasteiger partial charge in [0, 0.05) is 12.1 Å². The second-order valence-corrected chi connectivity index (χ2v) is 6.15. The number of hydrogen-bond acceptors (Lipinski definition) is 5. The Morgan fingerprint density at radius 2 is 1.29 bits per heavy atom. The Balaban J connectivity index is 0.000000155. The summed E-state index contributed by atoms with van der Waals surface area (Å²) in [6.45, 7) is 0. The zero-order valence-corrected chi connectivity index (χ0v) is 14.3. The van der Waals surface area contributed by atoms with Crippen LogP contribution in [0.15, 0.2) is 33.2 Å². The number of rotatable bonds is 0. The van der Waals surface area contributed by atoms with Crippen LogP contribution in [0.4, 0.5) is 20.2 Å². The Morgan fingerprint density at radius 3 is 1.90 bits per heavy atom. The molecule has 0 aliphatic heterocycles. The molecular formula is C12H8Br2F2N4S. The van der Waals surface area contributed by atoms with Crippen molar-refractivity contribution in [3.8, 4) is 0 Å². The Morgan fingerprint density at radius 1 is 0.810 bits per heavy atom. The minimum absolute atomic E-state index is 0.265. The lowest BCUT2D eigenvalue weighted by Crippen LogP contribution is -1.95. The summed E-state index contributed by atoms with van der Waals surface area (Å²) in [5, 5.41) is 0. The summed E-state index contributed by atoms with van der Waals surface area (Å²) in [4.78, 5) is 0. The number of nitrogens with two attached hydrogens (primary N) is 2.